The summed E-state index contributed by atoms with van der Waals surface area (Å²) in [5.74, 6) is 1.40. The molecule has 2 rings (SSSR count). The summed E-state index contributed by atoms with van der Waals surface area (Å²) in [6.45, 7) is 5.33. The first-order valence-corrected chi connectivity index (χ1v) is 9.63. The van der Waals surface area contributed by atoms with Gasteiger partial charge in [0, 0.05) is 25.0 Å². The van der Waals surface area contributed by atoms with Gasteiger partial charge in [-0.05, 0) is 42.7 Å². The molecule has 0 spiro atoms. The summed E-state index contributed by atoms with van der Waals surface area (Å²) >= 11 is 1.75. The van der Waals surface area contributed by atoms with Crippen molar-refractivity contribution in [3.8, 4) is 0 Å². The Morgan fingerprint density at radius 2 is 2.08 bits per heavy atom. The molecule has 1 aliphatic carbocycles. The molecule has 1 fully saturated rings. The fourth-order valence-corrected chi connectivity index (χ4v) is 3.74. The van der Waals surface area contributed by atoms with Crippen molar-refractivity contribution < 1.29 is 4.79 Å². The SMILES string of the molecule is Cc1ccsc1CNC(=NCC(=O)N(C)C)NC1CCCCC1C.I. The van der Waals surface area contributed by atoms with E-state index in [0.717, 1.165) is 12.5 Å². The highest BCUT2D eigenvalue weighted by Crippen LogP contribution is 2.23. The molecule has 1 heterocycles. The highest BCUT2D eigenvalue weighted by atomic mass is 127. The zero-order valence-electron chi connectivity index (χ0n) is 15.7. The van der Waals surface area contributed by atoms with E-state index in [9.17, 15) is 4.79 Å². The van der Waals surface area contributed by atoms with Crippen LogP contribution >= 0.6 is 35.3 Å². The number of hydrogen-bond donors (Lipinski definition) is 2. The minimum Gasteiger partial charge on any atom is -0.353 e. The number of halogens is 1. The van der Waals surface area contributed by atoms with Crippen LogP contribution in [0.1, 0.15) is 43.0 Å². The van der Waals surface area contributed by atoms with Crippen molar-refractivity contribution in [2.24, 2.45) is 10.9 Å². The Bertz CT molecular complexity index is 573. The average Bonchev–Trinajstić information content (AvgIpc) is 2.96. The molecular formula is C18H31IN4OS. The predicted molar refractivity (Wildman–Crippen MR) is 117 cm³/mol. The van der Waals surface area contributed by atoms with Gasteiger partial charge >= 0.3 is 0 Å². The fourth-order valence-electron chi connectivity index (χ4n) is 2.90. The van der Waals surface area contributed by atoms with Gasteiger partial charge in [0.15, 0.2) is 5.96 Å². The quantitative estimate of drug-likeness (QED) is 0.388. The molecule has 1 aromatic heterocycles. The molecular weight excluding hydrogens is 447 g/mol. The third kappa shape index (κ3) is 7.13. The predicted octanol–water partition coefficient (Wildman–Crippen LogP) is 3.38. The molecule has 1 aromatic rings. The maximum atomic E-state index is 11.9. The van der Waals surface area contributed by atoms with Crippen molar-refractivity contribution in [2.75, 3.05) is 20.6 Å². The lowest BCUT2D eigenvalue weighted by atomic mass is 9.86. The van der Waals surface area contributed by atoms with Gasteiger partial charge in [-0.1, -0.05) is 19.8 Å². The molecule has 142 valence electrons. The smallest absolute Gasteiger partial charge is 0.243 e. The van der Waals surface area contributed by atoms with Crippen LogP contribution in [0.15, 0.2) is 16.4 Å². The molecule has 1 aliphatic rings. The average molecular weight is 478 g/mol. The van der Waals surface area contributed by atoms with E-state index in [2.05, 4.69) is 40.9 Å². The van der Waals surface area contributed by atoms with Crippen molar-refractivity contribution >= 4 is 47.2 Å². The van der Waals surface area contributed by atoms with Crippen molar-refractivity contribution in [2.45, 2.75) is 52.1 Å². The van der Waals surface area contributed by atoms with Crippen molar-refractivity contribution in [1.29, 1.82) is 0 Å². The van der Waals surface area contributed by atoms with Gasteiger partial charge in [-0.25, -0.2) is 4.99 Å². The lowest BCUT2D eigenvalue weighted by Crippen LogP contribution is -2.47. The number of thiophene rings is 1. The van der Waals surface area contributed by atoms with Crippen LogP contribution in [0.4, 0.5) is 0 Å². The molecule has 0 saturated heterocycles. The molecule has 0 bridgehead atoms. The van der Waals surface area contributed by atoms with Crippen molar-refractivity contribution in [1.82, 2.24) is 15.5 Å². The monoisotopic (exact) mass is 478 g/mol. The van der Waals surface area contributed by atoms with Crippen LogP contribution in [0, 0.1) is 12.8 Å². The second-order valence-corrected chi connectivity index (χ2v) is 7.85. The van der Waals surface area contributed by atoms with Crippen LogP contribution in [-0.4, -0.2) is 43.4 Å². The fraction of sp³-hybridized carbons (Fsp3) is 0.667. The molecule has 2 unspecified atom stereocenters. The van der Waals surface area contributed by atoms with Crippen molar-refractivity contribution in [3.63, 3.8) is 0 Å². The van der Waals surface area contributed by atoms with Crippen LogP contribution < -0.4 is 10.6 Å². The molecule has 0 radical (unpaired) electrons. The van der Waals surface area contributed by atoms with Crippen LogP contribution in [0.5, 0.6) is 0 Å². The summed E-state index contributed by atoms with van der Waals surface area (Å²) in [5, 5.41) is 9.06. The Morgan fingerprint density at radius 1 is 1.36 bits per heavy atom. The summed E-state index contributed by atoms with van der Waals surface area (Å²) in [6, 6.07) is 2.56. The van der Waals surface area contributed by atoms with E-state index in [-0.39, 0.29) is 36.4 Å². The van der Waals surface area contributed by atoms with E-state index in [1.165, 1.54) is 36.1 Å². The van der Waals surface area contributed by atoms with Gasteiger partial charge in [0.1, 0.15) is 6.54 Å². The number of aliphatic imine (C=N–C) groups is 1. The molecule has 5 nitrogen and oxygen atoms in total. The Hall–Kier alpha value is -0.830. The molecule has 2 N–H and O–H groups in total. The van der Waals surface area contributed by atoms with Crippen LogP contribution in [0.25, 0.3) is 0 Å². The first-order valence-electron chi connectivity index (χ1n) is 8.75. The molecule has 1 amide bonds. The second kappa shape index (κ2) is 11.0. The second-order valence-electron chi connectivity index (χ2n) is 6.85. The molecule has 0 aromatic carbocycles. The van der Waals surface area contributed by atoms with E-state index >= 15 is 0 Å². The van der Waals surface area contributed by atoms with Crippen LogP contribution in [0.3, 0.4) is 0 Å². The zero-order valence-corrected chi connectivity index (χ0v) is 18.8. The Morgan fingerprint density at radius 3 is 2.68 bits per heavy atom. The molecule has 7 heteroatoms. The highest BCUT2D eigenvalue weighted by molar-refractivity contribution is 14.0. The zero-order chi connectivity index (χ0) is 17.5. The van der Waals surface area contributed by atoms with Gasteiger partial charge < -0.3 is 15.5 Å². The minimum atomic E-state index is 0. The number of aryl methyl sites for hydroxylation is 1. The summed E-state index contributed by atoms with van der Waals surface area (Å²) in [6.07, 6.45) is 5.00. The highest BCUT2D eigenvalue weighted by Gasteiger charge is 2.22. The summed E-state index contributed by atoms with van der Waals surface area (Å²) in [4.78, 5) is 19.2. The van der Waals surface area contributed by atoms with E-state index in [1.807, 2.05) is 0 Å². The number of nitrogens with one attached hydrogen (secondary N) is 2. The molecule has 2 atom stereocenters. The third-order valence-corrected chi connectivity index (χ3v) is 5.71. The Labute approximate surface area is 172 Å². The number of rotatable bonds is 5. The van der Waals surface area contributed by atoms with Crippen molar-refractivity contribution in [3.05, 3.63) is 21.9 Å². The number of likely N-dealkylation sites (N-methyl/N-ethyl adjacent to an activating group) is 1. The first kappa shape index (κ1) is 22.2. The standard InChI is InChI=1S/C18H30N4OS.HI/c1-13-7-5-6-8-15(13)21-18(20-12-17(23)22(3)4)19-11-16-14(2)9-10-24-16;/h9-10,13,15H,5-8,11-12H2,1-4H3,(H2,19,20,21);1H. The van der Waals surface area contributed by atoms with Gasteiger partial charge in [0.2, 0.25) is 5.91 Å². The number of amides is 1. The van der Waals surface area contributed by atoms with Gasteiger partial charge in [-0.15, -0.1) is 35.3 Å². The lowest BCUT2D eigenvalue weighted by molar-refractivity contribution is -0.127. The Kier molecular flexibility index (Phi) is 9.78. The number of carbonyl (C=O) groups excluding carboxylic acids is 1. The molecule has 1 saturated carbocycles. The number of hydrogen-bond acceptors (Lipinski definition) is 3. The van der Waals surface area contributed by atoms with E-state index in [4.69, 9.17) is 0 Å². The summed E-state index contributed by atoms with van der Waals surface area (Å²) in [5.41, 5.74) is 1.29. The molecule has 0 aliphatic heterocycles. The lowest BCUT2D eigenvalue weighted by Gasteiger charge is -2.31. The summed E-state index contributed by atoms with van der Waals surface area (Å²) < 4.78 is 0. The topological polar surface area (TPSA) is 56.7 Å². The maximum Gasteiger partial charge on any atom is 0.243 e. The minimum absolute atomic E-state index is 0. The normalized spacial score (nSPS) is 20.6. The van der Waals surface area contributed by atoms with Crippen LogP contribution in [-0.2, 0) is 11.3 Å². The summed E-state index contributed by atoms with van der Waals surface area (Å²) in [7, 11) is 3.52. The van der Waals surface area contributed by atoms with E-state index in [0.29, 0.717) is 12.0 Å². The first-order chi connectivity index (χ1) is 11.5. The van der Waals surface area contributed by atoms with Gasteiger partial charge in [0.25, 0.3) is 0 Å². The number of guanidine groups is 1. The van der Waals surface area contributed by atoms with Gasteiger partial charge in [-0.3, -0.25) is 4.79 Å². The number of nitrogens with zero attached hydrogens (tertiary/aromatic N) is 2. The van der Waals surface area contributed by atoms with Gasteiger partial charge in [0.05, 0.1) is 6.54 Å². The maximum absolute atomic E-state index is 11.9. The molecule has 25 heavy (non-hydrogen) atoms. The largest absolute Gasteiger partial charge is 0.353 e. The van der Waals surface area contributed by atoms with E-state index in [1.54, 1.807) is 30.3 Å². The van der Waals surface area contributed by atoms with E-state index < -0.39 is 0 Å². The number of carbonyl (C=O) groups is 1. The Balaban J connectivity index is 0.00000312. The van der Waals surface area contributed by atoms with Crippen LogP contribution in [0.2, 0.25) is 0 Å². The van der Waals surface area contributed by atoms with Gasteiger partial charge in [-0.2, -0.15) is 0 Å². The third-order valence-electron chi connectivity index (χ3n) is 4.69.